The number of rotatable bonds is 1. The fourth-order valence-electron chi connectivity index (χ4n) is 1.06. The fourth-order valence-corrected chi connectivity index (χ4v) is 1.06. The van der Waals surface area contributed by atoms with Crippen molar-refractivity contribution in [3.8, 4) is 24.7 Å². The first-order valence-corrected chi connectivity index (χ1v) is 3.93. The van der Waals surface area contributed by atoms with Gasteiger partial charge in [0.2, 0.25) is 0 Å². The molecule has 1 aromatic rings. The molecule has 0 spiro atoms. The van der Waals surface area contributed by atoms with Crippen LogP contribution in [0, 0.1) is 24.7 Å². The lowest BCUT2D eigenvalue weighted by molar-refractivity contribution is 1.13. The van der Waals surface area contributed by atoms with Gasteiger partial charge in [-0.1, -0.05) is 11.8 Å². The molecule has 0 heterocycles. The molecule has 0 saturated carbocycles. The second-order valence-electron chi connectivity index (χ2n) is 2.91. The summed E-state index contributed by atoms with van der Waals surface area (Å²) in [6.45, 7) is 0. The first-order chi connectivity index (χ1) is 6.19. The molecule has 0 fully saturated rings. The second-order valence-corrected chi connectivity index (χ2v) is 2.91. The molecule has 0 aromatic heterocycles. The number of anilines is 1. The van der Waals surface area contributed by atoms with Gasteiger partial charge in [-0.2, -0.15) is 0 Å². The van der Waals surface area contributed by atoms with Gasteiger partial charge in [0.15, 0.2) is 0 Å². The van der Waals surface area contributed by atoms with Gasteiger partial charge < -0.3 is 4.90 Å². The maximum Gasteiger partial charge on any atom is 0.0419 e. The Kier molecular flexibility index (Phi) is 2.62. The van der Waals surface area contributed by atoms with E-state index in [1.54, 1.807) is 0 Å². The Balaban J connectivity index is 3.25. The normalized spacial score (nSPS) is 8.62. The number of hydrogen-bond donors (Lipinski definition) is 0. The van der Waals surface area contributed by atoms with Crippen molar-refractivity contribution in [1.82, 2.24) is 0 Å². The number of benzene rings is 1. The zero-order valence-corrected chi connectivity index (χ0v) is 7.83. The van der Waals surface area contributed by atoms with Crippen LogP contribution in [-0.4, -0.2) is 14.1 Å². The first kappa shape index (κ1) is 9.23. The summed E-state index contributed by atoms with van der Waals surface area (Å²) in [5.41, 5.74) is 2.61. The summed E-state index contributed by atoms with van der Waals surface area (Å²) in [5.74, 6) is 5.12. The molecule has 0 saturated heterocycles. The Morgan fingerprint density at radius 1 is 1.08 bits per heavy atom. The molecule has 0 bridgehead atoms. The van der Waals surface area contributed by atoms with Crippen LogP contribution in [0.25, 0.3) is 0 Å². The van der Waals surface area contributed by atoms with E-state index in [9.17, 15) is 0 Å². The fraction of sp³-hybridized carbons (Fsp3) is 0.167. The molecule has 1 heteroatoms. The summed E-state index contributed by atoms with van der Waals surface area (Å²) in [5, 5.41) is 0. The monoisotopic (exact) mass is 169 g/mol. The van der Waals surface area contributed by atoms with Crippen LogP contribution in [0.4, 0.5) is 5.69 Å². The highest BCUT2D eigenvalue weighted by atomic mass is 15.1. The lowest BCUT2D eigenvalue weighted by atomic mass is 10.1. The van der Waals surface area contributed by atoms with E-state index in [1.807, 2.05) is 37.2 Å². The standard InChI is InChI=1S/C12H11N/c1-5-10-7-8-12(13(3)4)9-11(10)6-2/h1-2,7-9H,3-4H3. The minimum absolute atomic E-state index is 0.771. The molecule has 13 heavy (non-hydrogen) atoms. The molecule has 0 radical (unpaired) electrons. The van der Waals surface area contributed by atoms with Gasteiger partial charge in [-0.15, -0.1) is 12.8 Å². The van der Waals surface area contributed by atoms with Crippen molar-refractivity contribution >= 4 is 5.69 Å². The lowest BCUT2D eigenvalue weighted by Crippen LogP contribution is -2.08. The van der Waals surface area contributed by atoms with Crippen LogP contribution in [0.3, 0.4) is 0 Å². The number of terminal acetylenes is 2. The average Bonchev–Trinajstić information content (AvgIpc) is 2.16. The summed E-state index contributed by atoms with van der Waals surface area (Å²) in [4.78, 5) is 1.99. The molecule has 1 aromatic carbocycles. The lowest BCUT2D eigenvalue weighted by Gasteiger charge is -2.12. The van der Waals surface area contributed by atoms with Crippen molar-refractivity contribution in [2.24, 2.45) is 0 Å². The molecule has 0 amide bonds. The van der Waals surface area contributed by atoms with E-state index in [-0.39, 0.29) is 0 Å². The van der Waals surface area contributed by atoms with Gasteiger partial charge in [0, 0.05) is 30.9 Å². The molecule has 0 aliphatic rings. The highest BCUT2D eigenvalue weighted by Gasteiger charge is 2.00. The SMILES string of the molecule is C#Cc1ccc(N(C)C)cc1C#C. The van der Waals surface area contributed by atoms with Crippen LogP contribution < -0.4 is 4.90 Å². The van der Waals surface area contributed by atoms with E-state index in [2.05, 4.69) is 11.8 Å². The third kappa shape index (κ3) is 1.83. The summed E-state index contributed by atoms with van der Waals surface area (Å²) in [7, 11) is 3.93. The van der Waals surface area contributed by atoms with Crippen LogP contribution in [0.1, 0.15) is 11.1 Å². The molecule has 0 aliphatic heterocycles. The Morgan fingerprint density at radius 2 is 1.69 bits per heavy atom. The molecule has 1 nitrogen and oxygen atoms in total. The molecular formula is C12H11N. The van der Waals surface area contributed by atoms with Crippen molar-refractivity contribution in [3.05, 3.63) is 29.3 Å². The summed E-state index contributed by atoms with van der Waals surface area (Å²) in [6.07, 6.45) is 10.6. The van der Waals surface area contributed by atoms with Gasteiger partial charge in [0.05, 0.1) is 0 Å². The zero-order chi connectivity index (χ0) is 9.84. The third-order valence-electron chi connectivity index (χ3n) is 1.83. The predicted molar refractivity (Wildman–Crippen MR) is 56.6 cm³/mol. The van der Waals surface area contributed by atoms with E-state index in [4.69, 9.17) is 12.8 Å². The zero-order valence-electron chi connectivity index (χ0n) is 7.83. The maximum atomic E-state index is 5.33. The van der Waals surface area contributed by atoms with E-state index in [1.165, 1.54) is 0 Å². The van der Waals surface area contributed by atoms with E-state index < -0.39 is 0 Å². The minimum Gasteiger partial charge on any atom is -0.378 e. The van der Waals surface area contributed by atoms with E-state index in [0.717, 1.165) is 16.8 Å². The van der Waals surface area contributed by atoms with Crippen LogP contribution in [0.2, 0.25) is 0 Å². The molecule has 0 N–H and O–H groups in total. The summed E-state index contributed by atoms with van der Waals surface area (Å²) < 4.78 is 0. The van der Waals surface area contributed by atoms with E-state index in [0.29, 0.717) is 0 Å². The number of nitrogens with zero attached hydrogens (tertiary/aromatic N) is 1. The molecule has 0 atom stereocenters. The highest BCUT2D eigenvalue weighted by molar-refractivity contribution is 5.58. The minimum atomic E-state index is 0.771. The third-order valence-corrected chi connectivity index (χ3v) is 1.83. The summed E-state index contributed by atoms with van der Waals surface area (Å²) in [6, 6.07) is 5.73. The van der Waals surface area contributed by atoms with Gasteiger partial charge in [-0.3, -0.25) is 0 Å². The Morgan fingerprint density at radius 3 is 2.15 bits per heavy atom. The van der Waals surface area contributed by atoms with Crippen LogP contribution in [0.15, 0.2) is 18.2 Å². The Bertz CT molecular complexity index is 389. The van der Waals surface area contributed by atoms with E-state index >= 15 is 0 Å². The van der Waals surface area contributed by atoms with Gasteiger partial charge in [-0.05, 0) is 18.2 Å². The van der Waals surface area contributed by atoms with Crippen molar-refractivity contribution in [2.45, 2.75) is 0 Å². The predicted octanol–water partition coefficient (Wildman–Crippen LogP) is 1.72. The smallest absolute Gasteiger partial charge is 0.0419 e. The molecular weight excluding hydrogens is 158 g/mol. The van der Waals surface area contributed by atoms with Gasteiger partial charge in [0.1, 0.15) is 0 Å². The van der Waals surface area contributed by atoms with Crippen molar-refractivity contribution in [3.63, 3.8) is 0 Å². The largest absolute Gasteiger partial charge is 0.378 e. The molecule has 1 rings (SSSR count). The molecule has 64 valence electrons. The van der Waals surface area contributed by atoms with Crippen LogP contribution in [0.5, 0.6) is 0 Å². The average molecular weight is 169 g/mol. The van der Waals surface area contributed by atoms with Crippen LogP contribution in [-0.2, 0) is 0 Å². The van der Waals surface area contributed by atoms with Gasteiger partial charge >= 0.3 is 0 Å². The summed E-state index contributed by atoms with van der Waals surface area (Å²) >= 11 is 0. The van der Waals surface area contributed by atoms with Crippen molar-refractivity contribution in [1.29, 1.82) is 0 Å². The second kappa shape index (κ2) is 3.70. The Labute approximate surface area is 79.4 Å². The van der Waals surface area contributed by atoms with Crippen molar-refractivity contribution < 1.29 is 0 Å². The maximum absolute atomic E-state index is 5.33. The van der Waals surface area contributed by atoms with Crippen LogP contribution >= 0.6 is 0 Å². The topological polar surface area (TPSA) is 3.24 Å². The first-order valence-electron chi connectivity index (χ1n) is 3.93. The Hall–Kier alpha value is -1.86. The molecule has 0 aliphatic carbocycles. The highest BCUT2D eigenvalue weighted by Crippen LogP contribution is 2.16. The molecule has 0 unspecified atom stereocenters. The van der Waals surface area contributed by atoms with Crippen molar-refractivity contribution in [2.75, 3.05) is 19.0 Å². The van der Waals surface area contributed by atoms with Gasteiger partial charge in [-0.25, -0.2) is 0 Å². The number of hydrogen-bond acceptors (Lipinski definition) is 1. The quantitative estimate of drug-likeness (QED) is 0.578. The van der Waals surface area contributed by atoms with Gasteiger partial charge in [0.25, 0.3) is 0 Å².